The number of rotatable bonds is 3. The van der Waals surface area contributed by atoms with Gasteiger partial charge in [-0.05, 0) is 0 Å². The second-order valence-electron chi connectivity index (χ2n) is 6.04. The second kappa shape index (κ2) is 7.49. The van der Waals surface area contributed by atoms with Crippen molar-refractivity contribution >= 4 is 11.9 Å². The lowest BCUT2D eigenvalue weighted by Crippen LogP contribution is -2.67. The molecule has 6 atom stereocenters. The number of hydrogen-bond donors (Lipinski definition) is 2. The fourth-order valence-corrected chi connectivity index (χ4v) is 3.09. The Balaban J connectivity index is 1.84. The average Bonchev–Trinajstić information content (AvgIpc) is 2.58. The summed E-state index contributed by atoms with van der Waals surface area (Å²) >= 11 is 0. The molecule has 2 saturated heterocycles. The van der Waals surface area contributed by atoms with Gasteiger partial charge in [0.15, 0.2) is 18.7 Å². The molecular weight excluding hydrogens is 330 g/mol. The number of aliphatic hydroxyl groups excluding tert-OH is 1. The zero-order valence-electron chi connectivity index (χ0n) is 14.0. The van der Waals surface area contributed by atoms with Crippen LogP contribution in [0, 0.1) is 0 Å². The maximum atomic E-state index is 11.5. The molecule has 1 amide bonds. The zero-order valence-corrected chi connectivity index (χ0v) is 14.0. The normalized spacial score (nSPS) is 34.7. The molecule has 0 aliphatic carbocycles. The number of carbonyl (C=O) groups is 2. The molecule has 2 aliphatic heterocycles. The average molecular weight is 351 g/mol. The second-order valence-corrected chi connectivity index (χ2v) is 6.04. The number of carbonyl (C=O) groups excluding carboxylic acids is 2. The third-order valence-electron chi connectivity index (χ3n) is 4.10. The van der Waals surface area contributed by atoms with E-state index in [4.69, 9.17) is 18.9 Å². The van der Waals surface area contributed by atoms with E-state index in [-0.39, 0.29) is 12.5 Å². The van der Waals surface area contributed by atoms with Crippen molar-refractivity contribution in [3.05, 3.63) is 35.9 Å². The third-order valence-corrected chi connectivity index (χ3v) is 4.10. The van der Waals surface area contributed by atoms with Crippen LogP contribution < -0.4 is 5.32 Å². The molecule has 1 aromatic carbocycles. The molecule has 136 valence electrons. The summed E-state index contributed by atoms with van der Waals surface area (Å²) < 4.78 is 22.5. The molecule has 25 heavy (non-hydrogen) atoms. The quantitative estimate of drug-likeness (QED) is 0.753. The van der Waals surface area contributed by atoms with Crippen LogP contribution in [-0.2, 0) is 28.5 Å². The van der Waals surface area contributed by atoms with Crippen LogP contribution in [0.15, 0.2) is 30.3 Å². The van der Waals surface area contributed by atoms with Crippen LogP contribution in [0.3, 0.4) is 0 Å². The van der Waals surface area contributed by atoms with Gasteiger partial charge in [-0.1, -0.05) is 30.3 Å². The van der Waals surface area contributed by atoms with Gasteiger partial charge in [-0.15, -0.1) is 0 Å². The summed E-state index contributed by atoms with van der Waals surface area (Å²) in [6.07, 6.45) is -4.20. The van der Waals surface area contributed by atoms with Crippen molar-refractivity contribution in [2.75, 3.05) is 6.61 Å². The van der Waals surface area contributed by atoms with Gasteiger partial charge in [0, 0.05) is 19.4 Å². The third kappa shape index (κ3) is 3.98. The number of nitrogens with one attached hydrogen (secondary N) is 1. The Bertz CT molecular complexity index is 623. The summed E-state index contributed by atoms with van der Waals surface area (Å²) in [5, 5.41) is 12.7. The zero-order chi connectivity index (χ0) is 18.0. The van der Waals surface area contributed by atoms with Crippen molar-refractivity contribution in [2.45, 2.75) is 50.8 Å². The minimum absolute atomic E-state index is 0.159. The van der Waals surface area contributed by atoms with E-state index < -0.39 is 42.9 Å². The van der Waals surface area contributed by atoms with Crippen LogP contribution >= 0.6 is 0 Å². The highest BCUT2D eigenvalue weighted by Crippen LogP contribution is 2.34. The lowest BCUT2D eigenvalue weighted by atomic mass is 9.95. The van der Waals surface area contributed by atoms with E-state index in [2.05, 4.69) is 5.32 Å². The first-order valence-electron chi connectivity index (χ1n) is 8.05. The summed E-state index contributed by atoms with van der Waals surface area (Å²) in [4.78, 5) is 23.0. The lowest BCUT2D eigenvalue weighted by Gasteiger charge is -2.47. The molecule has 0 aromatic heterocycles. The number of esters is 1. The van der Waals surface area contributed by atoms with Gasteiger partial charge in [-0.2, -0.15) is 0 Å². The molecule has 0 unspecified atom stereocenters. The van der Waals surface area contributed by atoms with Crippen LogP contribution in [0.5, 0.6) is 0 Å². The Hall–Kier alpha value is -2.00. The lowest BCUT2D eigenvalue weighted by molar-refractivity contribution is -0.338. The van der Waals surface area contributed by atoms with Crippen LogP contribution in [0.2, 0.25) is 0 Å². The minimum Gasteiger partial charge on any atom is -0.457 e. The van der Waals surface area contributed by atoms with Gasteiger partial charge in [0.2, 0.25) is 5.91 Å². The van der Waals surface area contributed by atoms with Gasteiger partial charge >= 0.3 is 5.97 Å². The SMILES string of the molecule is CC(=O)N[C@@H]1[C@@H](OC(C)=O)[C@H]2O[C@@H](c3ccccc3)OC[C@H]2O[C@H]1O. The van der Waals surface area contributed by atoms with Gasteiger partial charge in [0.25, 0.3) is 0 Å². The maximum Gasteiger partial charge on any atom is 0.303 e. The van der Waals surface area contributed by atoms with E-state index in [9.17, 15) is 14.7 Å². The van der Waals surface area contributed by atoms with Crippen molar-refractivity contribution in [3.63, 3.8) is 0 Å². The Morgan fingerprint density at radius 1 is 1.20 bits per heavy atom. The summed E-state index contributed by atoms with van der Waals surface area (Å²) in [6, 6.07) is 8.38. The topological polar surface area (TPSA) is 103 Å². The molecule has 8 heteroatoms. The van der Waals surface area contributed by atoms with Crippen molar-refractivity contribution < 1.29 is 33.6 Å². The summed E-state index contributed by atoms with van der Waals surface area (Å²) in [6.45, 7) is 2.72. The van der Waals surface area contributed by atoms with Crippen molar-refractivity contribution in [1.82, 2.24) is 5.32 Å². The van der Waals surface area contributed by atoms with Crippen molar-refractivity contribution in [3.8, 4) is 0 Å². The fourth-order valence-electron chi connectivity index (χ4n) is 3.09. The number of amides is 1. The molecule has 0 radical (unpaired) electrons. The van der Waals surface area contributed by atoms with E-state index in [1.54, 1.807) is 0 Å². The summed E-state index contributed by atoms with van der Waals surface area (Å²) in [5.41, 5.74) is 0.810. The number of hydrogen-bond acceptors (Lipinski definition) is 7. The molecule has 8 nitrogen and oxygen atoms in total. The molecule has 2 N–H and O–H groups in total. The molecule has 2 heterocycles. The van der Waals surface area contributed by atoms with E-state index in [0.29, 0.717) is 0 Å². The van der Waals surface area contributed by atoms with Gasteiger partial charge in [0.05, 0.1) is 6.61 Å². The van der Waals surface area contributed by atoms with Crippen molar-refractivity contribution in [2.24, 2.45) is 0 Å². The molecule has 1 aromatic rings. The van der Waals surface area contributed by atoms with Crippen LogP contribution in [-0.4, -0.2) is 54.2 Å². The van der Waals surface area contributed by atoms with Crippen LogP contribution in [0.25, 0.3) is 0 Å². The fraction of sp³-hybridized carbons (Fsp3) is 0.529. The Kier molecular flexibility index (Phi) is 5.33. The Morgan fingerprint density at radius 3 is 2.56 bits per heavy atom. The largest absolute Gasteiger partial charge is 0.457 e. The highest BCUT2D eigenvalue weighted by molar-refractivity contribution is 5.73. The molecule has 2 fully saturated rings. The summed E-state index contributed by atoms with van der Waals surface area (Å²) in [7, 11) is 0. The number of fused-ring (bicyclic) bond motifs is 1. The van der Waals surface area contributed by atoms with Gasteiger partial charge < -0.3 is 29.4 Å². The molecular formula is C17H21NO7. The van der Waals surface area contributed by atoms with E-state index in [1.165, 1.54) is 13.8 Å². The predicted octanol–water partition coefficient (Wildman–Crippen LogP) is 0.254. The standard InChI is InChI=1S/C17H21NO7/c1-9(19)18-13-15(23-10(2)20)14-12(24-16(13)21)8-22-17(25-14)11-6-4-3-5-7-11/h3-7,12-17,21H,8H2,1-2H3,(H,18,19)/t12-,13-,14+,15-,16-,17+/m1/s1. The minimum atomic E-state index is -1.34. The monoisotopic (exact) mass is 351 g/mol. The first kappa shape index (κ1) is 17.8. The van der Waals surface area contributed by atoms with Gasteiger partial charge in [-0.25, -0.2) is 0 Å². The first-order chi connectivity index (χ1) is 12.0. The number of benzene rings is 1. The predicted molar refractivity (Wildman–Crippen MR) is 84.0 cm³/mol. The molecule has 3 rings (SSSR count). The van der Waals surface area contributed by atoms with Crippen LogP contribution in [0.1, 0.15) is 25.7 Å². The Morgan fingerprint density at radius 2 is 1.92 bits per heavy atom. The molecule has 2 aliphatic rings. The number of aliphatic hydroxyl groups is 1. The summed E-state index contributed by atoms with van der Waals surface area (Å²) in [5.74, 6) is -0.922. The van der Waals surface area contributed by atoms with Gasteiger partial charge in [0.1, 0.15) is 18.2 Å². The van der Waals surface area contributed by atoms with Crippen molar-refractivity contribution in [1.29, 1.82) is 0 Å². The Labute approximate surface area is 145 Å². The van der Waals surface area contributed by atoms with Crippen LogP contribution in [0.4, 0.5) is 0 Å². The first-order valence-corrected chi connectivity index (χ1v) is 8.05. The molecule has 0 bridgehead atoms. The van der Waals surface area contributed by atoms with E-state index >= 15 is 0 Å². The van der Waals surface area contributed by atoms with E-state index in [1.807, 2.05) is 30.3 Å². The smallest absolute Gasteiger partial charge is 0.303 e. The highest BCUT2D eigenvalue weighted by Gasteiger charge is 2.51. The molecule has 0 spiro atoms. The highest BCUT2D eigenvalue weighted by atomic mass is 16.7. The van der Waals surface area contributed by atoms with Gasteiger partial charge in [-0.3, -0.25) is 9.59 Å². The van der Waals surface area contributed by atoms with E-state index in [0.717, 1.165) is 5.56 Å². The molecule has 0 saturated carbocycles. The number of ether oxygens (including phenoxy) is 4. The maximum absolute atomic E-state index is 11.5.